The maximum atomic E-state index is 13.5. The quantitative estimate of drug-likeness (QED) is 0.839. The Bertz CT molecular complexity index is 677. The van der Waals surface area contributed by atoms with E-state index in [1.54, 1.807) is 0 Å². The predicted molar refractivity (Wildman–Crippen MR) is 64.9 cm³/mol. The lowest BCUT2D eigenvalue weighted by molar-refractivity contribution is 0.601. The van der Waals surface area contributed by atoms with E-state index < -0.39 is 21.5 Å². The van der Waals surface area contributed by atoms with Crippen LogP contribution in [-0.4, -0.2) is 14.7 Å². The van der Waals surface area contributed by atoms with Gasteiger partial charge >= 0.3 is 0 Å². The monoisotopic (exact) mass is 268 g/mol. The zero-order valence-electron chi connectivity index (χ0n) is 9.52. The highest BCUT2D eigenvalue weighted by Gasteiger charge is 2.09. The van der Waals surface area contributed by atoms with Gasteiger partial charge in [0.05, 0.1) is 4.90 Å². The summed E-state index contributed by atoms with van der Waals surface area (Å²) < 4.78 is 49.1. The summed E-state index contributed by atoms with van der Waals surface area (Å²) in [7, 11) is -3.29. The molecule has 2 rings (SSSR count). The standard InChI is InChI=1S/C13H10F2O2S/c1-18(16,17)11-5-2-9(3-6-11)12-8-10(14)4-7-13(12)15/h2-8H,1H3. The van der Waals surface area contributed by atoms with Crippen LogP contribution in [0.1, 0.15) is 0 Å². The molecule has 0 amide bonds. The van der Waals surface area contributed by atoms with Crippen molar-refractivity contribution in [3.63, 3.8) is 0 Å². The van der Waals surface area contributed by atoms with Gasteiger partial charge in [-0.15, -0.1) is 0 Å². The third-order valence-corrected chi connectivity index (χ3v) is 3.65. The zero-order chi connectivity index (χ0) is 13.3. The van der Waals surface area contributed by atoms with Gasteiger partial charge in [-0.3, -0.25) is 0 Å². The molecule has 0 saturated carbocycles. The van der Waals surface area contributed by atoms with E-state index in [1.807, 2.05) is 0 Å². The van der Waals surface area contributed by atoms with Gasteiger partial charge in [-0.05, 0) is 35.9 Å². The third-order valence-electron chi connectivity index (χ3n) is 2.52. The van der Waals surface area contributed by atoms with Gasteiger partial charge in [-0.1, -0.05) is 12.1 Å². The van der Waals surface area contributed by atoms with Crippen LogP contribution in [0, 0.1) is 11.6 Å². The molecule has 2 aromatic rings. The van der Waals surface area contributed by atoms with Crippen LogP contribution in [0.25, 0.3) is 11.1 Å². The summed E-state index contributed by atoms with van der Waals surface area (Å²) in [6, 6.07) is 8.79. The largest absolute Gasteiger partial charge is 0.224 e. The minimum atomic E-state index is -3.29. The second kappa shape index (κ2) is 4.49. The SMILES string of the molecule is CS(=O)(=O)c1ccc(-c2cc(F)ccc2F)cc1. The Morgan fingerprint density at radius 3 is 2.11 bits per heavy atom. The van der Waals surface area contributed by atoms with E-state index in [1.165, 1.54) is 24.3 Å². The third kappa shape index (κ3) is 2.56. The van der Waals surface area contributed by atoms with Gasteiger partial charge < -0.3 is 0 Å². The molecule has 0 fully saturated rings. The Morgan fingerprint density at radius 2 is 1.56 bits per heavy atom. The number of halogens is 2. The molecule has 0 bridgehead atoms. The molecule has 0 atom stereocenters. The number of rotatable bonds is 2. The molecule has 5 heteroatoms. The highest BCUT2D eigenvalue weighted by atomic mass is 32.2. The predicted octanol–water partition coefficient (Wildman–Crippen LogP) is 3.04. The van der Waals surface area contributed by atoms with E-state index in [-0.39, 0.29) is 10.5 Å². The smallest absolute Gasteiger partial charge is 0.175 e. The molecule has 2 nitrogen and oxygen atoms in total. The van der Waals surface area contributed by atoms with E-state index >= 15 is 0 Å². The van der Waals surface area contributed by atoms with Gasteiger partial charge in [0.15, 0.2) is 9.84 Å². The summed E-state index contributed by atoms with van der Waals surface area (Å²) in [5.74, 6) is -1.10. The lowest BCUT2D eigenvalue weighted by atomic mass is 10.1. The number of benzene rings is 2. The van der Waals surface area contributed by atoms with Gasteiger partial charge in [0.2, 0.25) is 0 Å². The summed E-state index contributed by atoms with van der Waals surface area (Å²) in [5.41, 5.74) is 0.537. The van der Waals surface area contributed by atoms with Gasteiger partial charge in [0.25, 0.3) is 0 Å². The van der Waals surface area contributed by atoms with Crippen molar-refractivity contribution in [3.05, 3.63) is 54.1 Å². The Morgan fingerprint density at radius 1 is 0.944 bits per heavy atom. The number of hydrogen-bond acceptors (Lipinski definition) is 2. The van der Waals surface area contributed by atoms with E-state index in [0.29, 0.717) is 5.56 Å². The van der Waals surface area contributed by atoms with Crippen LogP contribution in [0.15, 0.2) is 47.4 Å². The van der Waals surface area contributed by atoms with Crippen molar-refractivity contribution in [2.75, 3.05) is 6.26 Å². The normalized spacial score (nSPS) is 11.5. The van der Waals surface area contributed by atoms with Crippen molar-refractivity contribution in [1.82, 2.24) is 0 Å². The minimum absolute atomic E-state index is 0.107. The molecule has 0 radical (unpaired) electrons. The van der Waals surface area contributed by atoms with Crippen molar-refractivity contribution in [2.24, 2.45) is 0 Å². The van der Waals surface area contributed by atoms with Crippen LogP contribution in [-0.2, 0) is 9.84 Å². The lowest BCUT2D eigenvalue weighted by Crippen LogP contribution is -1.96. The van der Waals surface area contributed by atoms with Crippen LogP contribution in [0.5, 0.6) is 0 Å². The Hall–Kier alpha value is -1.75. The molecule has 0 unspecified atom stereocenters. The average molecular weight is 268 g/mol. The van der Waals surface area contributed by atoms with E-state index in [9.17, 15) is 17.2 Å². The number of sulfone groups is 1. The fraction of sp³-hybridized carbons (Fsp3) is 0.0769. The fourth-order valence-corrected chi connectivity index (χ4v) is 2.23. The number of hydrogen-bond donors (Lipinski definition) is 0. The highest BCUT2D eigenvalue weighted by molar-refractivity contribution is 7.90. The Kier molecular flexibility index (Phi) is 3.17. The highest BCUT2D eigenvalue weighted by Crippen LogP contribution is 2.24. The van der Waals surface area contributed by atoms with Crippen LogP contribution in [0.4, 0.5) is 8.78 Å². The van der Waals surface area contributed by atoms with Gasteiger partial charge in [-0.2, -0.15) is 0 Å². The molecule has 0 aromatic heterocycles. The maximum Gasteiger partial charge on any atom is 0.175 e. The van der Waals surface area contributed by atoms with Crippen molar-refractivity contribution in [2.45, 2.75) is 4.90 Å². The molecular weight excluding hydrogens is 258 g/mol. The minimum Gasteiger partial charge on any atom is -0.224 e. The summed E-state index contributed by atoms with van der Waals surface area (Å²) >= 11 is 0. The summed E-state index contributed by atoms with van der Waals surface area (Å²) in [5, 5.41) is 0. The lowest BCUT2D eigenvalue weighted by Gasteiger charge is -2.05. The molecule has 0 spiro atoms. The summed E-state index contributed by atoms with van der Waals surface area (Å²) in [6.45, 7) is 0. The van der Waals surface area contributed by atoms with E-state index in [0.717, 1.165) is 24.5 Å². The van der Waals surface area contributed by atoms with Crippen molar-refractivity contribution in [1.29, 1.82) is 0 Å². The maximum absolute atomic E-state index is 13.5. The van der Waals surface area contributed by atoms with Crippen LogP contribution in [0.2, 0.25) is 0 Å². The summed E-state index contributed by atoms with van der Waals surface area (Å²) in [4.78, 5) is 0.142. The second-order valence-corrected chi connectivity index (χ2v) is 5.94. The topological polar surface area (TPSA) is 34.1 Å². The van der Waals surface area contributed by atoms with Crippen LogP contribution >= 0.6 is 0 Å². The molecule has 0 heterocycles. The van der Waals surface area contributed by atoms with Crippen LogP contribution in [0.3, 0.4) is 0 Å². The van der Waals surface area contributed by atoms with E-state index in [2.05, 4.69) is 0 Å². The van der Waals surface area contributed by atoms with Gasteiger partial charge in [-0.25, -0.2) is 17.2 Å². The van der Waals surface area contributed by atoms with Gasteiger partial charge in [0.1, 0.15) is 11.6 Å². The molecule has 0 saturated heterocycles. The molecular formula is C13H10F2O2S. The molecule has 0 aliphatic heterocycles. The van der Waals surface area contributed by atoms with Crippen molar-refractivity contribution >= 4 is 9.84 Å². The molecule has 0 N–H and O–H groups in total. The first-order chi connectivity index (χ1) is 8.38. The van der Waals surface area contributed by atoms with E-state index in [4.69, 9.17) is 0 Å². The zero-order valence-corrected chi connectivity index (χ0v) is 10.3. The van der Waals surface area contributed by atoms with Gasteiger partial charge in [0, 0.05) is 11.8 Å². The Labute approximate surface area is 104 Å². The molecule has 94 valence electrons. The fourth-order valence-electron chi connectivity index (χ4n) is 1.60. The first kappa shape index (κ1) is 12.7. The molecule has 2 aromatic carbocycles. The molecule has 0 aliphatic carbocycles. The molecule has 18 heavy (non-hydrogen) atoms. The van der Waals surface area contributed by atoms with Crippen molar-refractivity contribution < 1.29 is 17.2 Å². The first-order valence-corrected chi connectivity index (χ1v) is 7.02. The average Bonchev–Trinajstić information content (AvgIpc) is 2.31. The summed E-state index contributed by atoms with van der Waals surface area (Å²) in [6.07, 6.45) is 1.09. The first-order valence-electron chi connectivity index (χ1n) is 5.13. The Balaban J connectivity index is 2.50. The van der Waals surface area contributed by atoms with Crippen LogP contribution < -0.4 is 0 Å². The molecule has 0 aliphatic rings. The van der Waals surface area contributed by atoms with Crippen molar-refractivity contribution in [3.8, 4) is 11.1 Å². The second-order valence-electron chi connectivity index (χ2n) is 3.92.